The van der Waals surface area contributed by atoms with E-state index in [0.717, 1.165) is 12.8 Å². The molecule has 1 heterocycles. The fourth-order valence-corrected chi connectivity index (χ4v) is 3.31. The molecule has 0 aromatic carbocycles. The van der Waals surface area contributed by atoms with Crippen LogP contribution in [0.3, 0.4) is 0 Å². The number of ether oxygens (including phenoxy) is 1. The zero-order valence-electron chi connectivity index (χ0n) is 12.4. The number of nitrogens with two attached hydrogens (primary N) is 1. The van der Waals surface area contributed by atoms with Crippen LogP contribution in [0.25, 0.3) is 0 Å². The van der Waals surface area contributed by atoms with Gasteiger partial charge in [-0.15, -0.1) is 0 Å². The molecule has 2 fully saturated rings. The molecule has 0 radical (unpaired) electrons. The second-order valence-electron chi connectivity index (χ2n) is 5.79. The van der Waals surface area contributed by atoms with Gasteiger partial charge in [-0.05, 0) is 19.8 Å². The highest BCUT2D eigenvalue weighted by Crippen LogP contribution is 2.38. The molecule has 6 nitrogen and oxygen atoms in total. The molecule has 1 saturated carbocycles. The molecule has 118 valence electrons. The van der Waals surface area contributed by atoms with Crippen LogP contribution < -0.4 is 11.1 Å². The van der Waals surface area contributed by atoms with Crippen LogP contribution in [-0.4, -0.2) is 54.0 Å². The van der Waals surface area contributed by atoms with E-state index in [1.807, 2.05) is 0 Å². The third kappa shape index (κ3) is 3.35. The summed E-state index contributed by atoms with van der Waals surface area (Å²) in [6.07, 6.45) is 3.23. The molecule has 2 rings (SSSR count). The summed E-state index contributed by atoms with van der Waals surface area (Å²) in [4.78, 5) is 26.8. The Bertz CT molecular complexity index is 429. The van der Waals surface area contributed by atoms with Crippen LogP contribution in [0.4, 0.5) is 0 Å². The minimum Gasteiger partial charge on any atom is -0.392 e. The van der Waals surface area contributed by atoms with Crippen LogP contribution in [0, 0.1) is 5.41 Å². The largest absolute Gasteiger partial charge is 0.392 e. The summed E-state index contributed by atoms with van der Waals surface area (Å²) in [6, 6.07) is -0.567. The van der Waals surface area contributed by atoms with Gasteiger partial charge < -0.3 is 20.7 Å². The molecule has 2 amide bonds. The van der Waals surface area contributed by atoms with E-state index in [0.29, 0.717) is 39.1 Å². The van der Waals surface area contributed by atoms with E-state index in [9.17, 15) is 9.59 Å². The van der Waals surface area contributed by atoms with Crippen LogP contribution in [0.1, 0.15) is 32.6 Å². The van der Waals surface area contributed by atoms with E-state index in [1.165, 1.54) is 0 Å². The van der Waals surface area contributed by atoms with Crippen LogP contribution in [0.5, 0.6) is 0 Å². The molecule has 1 saturated heterocycles. The van der Waals surface area contributed by atoms with Crippen molar-refractivity contribution in [3.8, 4) is 0 Å². The number of carbonyl (C=O) groups is 2. The lowest BCUT2D eigenvalue weighted by molar-refractivity contribution is -0.140. The lowest BCUT2D eigenvalue weighted by Crippen LogP contribution is -2.55. The lowest BCUT2D eigenvalue weighted by Gasteiger charge is -2.32. The van der Waals surface area contributed by atoms with Crippen LogP contribution in [-0.2, 0) is 14.3 Å². The van der Waals surface area contributed by atoms with Gasteiger partial charge in [0.05, 0.1) is 23.6 Å². The number of hydrogen-bond acceptors (Lipinski definition) is 4. The summed E-state index contributed by atoms with van der Waals surface area (Å²) in [7, 11) is 0. The SMILES string of the molecule is CC(NC(=O)C1(C(N)=S)CCCC1)C(=O)N1CCOCC1. The highest BCUT2D eigenvalue weighted by atomic mass is 32.1. The van der Waals surface area contributed by atoms with E-state index < -0.39 is 11.5 Å². The highest BCUT2D eigenvalue weighted by molar-refractivity contribution is 7.80. The Hall–Kier alpha value is -1.21. The number of carbonyl (C=O) groups excluding carboxylic acids is 2. The number of thiocarbonyl (C=S) groups is 1. The molecule has 1 aliphatic carbocycles. The molecule has 21 heavy (non-hydrogen) atoms. The van der Waals surface area contributed by atoms with E-state index in [2.05, 4.69) is 5.32 Å². The predicted octanol–water partition coefficient (Wildman–Crippen LogP) is 0.196. The van der Waals surface area contributed by atoms with E-state index in [4.69, 9.17) is 22.7 Å². The number of amides is 2. The van der Waals surface area contributed by atoms with Crippen molar-refractivity contribution in [2.45, 2.75) is 38.6 Å². The summed E-state index contributed by atoms with van der Waals surface area (Å²) in [6.45, 7) is 3.93. The number of nitrogens with one attached hydrogen (secondary N) is 1. The predicted molar refractivity (Wildman–Crippen MR) is 82.7 cm³/mol. The first kappa shape index (κ1) is 16.2. The van der Waals surface area contributed by atoms with Crippen molar-refractivity contribution in [1.82, 2.24) is 10.2 Å². The third-order valence-electron chi connectivity index (χ3n) is 4.40. The second kappa shape index (κ2) is 6.70. The van der Waals surface area contributed by atoms with Crippen molar-refractivity contribution in [1.29, 1.82) is 0 Å². The van der Waals surface area contributed by atoms with E-state index in [-0.39, 0.29) is 16.8 Å². The minimum absolute atomic E-state index is 0.0808. The molecule has 1 atom stereocenters. The maximum Gasteiger partial charge on any atom is 0.245 e. The van der Waals surface area contributed by atoms with Gasteiger partial charge in [-0.2, -0.15) is 0 Å². The van der Waals surface area contributed by atoms with Crippen LogP contribution in [0.15, 0.2) is 0 Å². The number of hydrogen-bond donors (Lipinski definition) is 2. The molecule has 2 aliphatic rings. The van der Waals surface area contributed by atoms with Gasteiger partial charge in [0, 0.05) is 13.1 Å². The summed E-state index contributed by atoms with van der Waals surface area (Å²) < 4.78 is 5.22. The molecular weight excluding hydrogens is 290 g/mol. The Morgan fingerprint density at radius 2 is 1.86 bits per heavy atom. The Morgan fingerprint density at radius 1 is 1.29 bits per heavy atom. The van der Waals surface area contributed by atoms with Gasteiger partial charge in [-0.1, -0.05) is 25.1 Å². The molecule has 0 aromatic heterocycles. The van der Waals surface area contributed by atoms with Gasteiger partial charge >= 0.3 is 0 Å². The van der Waals surface area contributed by atoms with Crippen molar-refractivity contribution in [3.63, 3.8) is 0 Å². The maximum atomic E-state index is 12.5. The molecule has 1 unspecified atom stereocenters. The zero-order chi connectivity index (χ0) is 15.5. The highest BCUT2D eigenvalue weighted by Gasteiger charge is 2.44. The molecule has 0 aromatic rings. The lowest BCUT2D eigenvalue weighted by atomic mass is 9.85. The Kier molecular flexibility index (Phi) is 5.16. The Morgan fingerprint density at radius 3 is 2.38 bits per heavy atom. The fraction of sp³-hybridized carbons (Fsp3) is 0.786. The Balaban J connectivity index is 1.97. The monoisotopic (exact) mass is 313 g/mol. The fourth-order valence-electron chi connectivity index (χ4n) is 3.02. The van der Waals surface area contributed by atoms with Gasteiger partial charge in [-0.3, -0.25) is 9.59 Å². The minimum atomic E-state index is -0.769. The van der Waals surface area contributed by atoms with Gasteiger partial charge in [-0.25, -0.2) is 0 Å². The third-order valence-corrected chi connectivity index (χ3v) is 4.79. The van der Waals surface area contributed by atoms with Crippen molar-refractivity contribution >= 4 is 29.0 Å². The molecule has 7 heteroatoms. The van der Waals surface area contributed by atoms with Gasteiger partial charge in [0.1, 0.15) is 6.04 Å². The quantitative estimate of drug-likeness (QED) is 0.724. The first-order chi connectivity index (χ1) is 9.97. The second-order valence-corrected chi connectivity index (χ2v) is 6.23. The molecule has 1 aliphatic heterocycles. The van der Waals surface area contributed by atoms with Crippen molar-refractivity contribution in [2.24, 2.45) is 11.1 Å². The molecule has 0 bridgehead atoms. The average molecular weight is 313 g/mol. The summed E-state index contributed by atoms with van der Waals surface area (Å²) in [5, 5.41) is 2.80. The molecule has 3 N–H and O–H groups in total. The van der Waals surface area contributed by atoms with Crippen LogP contribution >= 0.6 is 12.2 Å². The van der Waals surface area contributed by atoms with Gasteiger partial charge in [0.15, 0.2) is 0 Å². The van der Waals surface area contributed by atoms with Crippen LogP contribution in [0.2, 0.25) is 0 Å². The van der Waals surface area contributed by atoms with Gasteiger partial charge in [0.25, 0.3) is 0 Å². The maximum absolute atomic E-state index is 12.5. The van der Waals surface area contributed by atoms with Crippen molar-refractivity contribution < 1.29 is 14.3 Å². The first-order valence-electron chi connectivity index (χ1n) is 7.45. The molecular formula is C14H23N3O3S. The standard InChI is InChI=1S/C14H23N3O3S/c1-10(11(18)17-6-8-20-9-7-17)16-13(19)14(12(15)21)4-2-3-5-14/h10H,2-9H2,1H3,(H2,15,21)(H,16,19). The topological polar surface area (TPSA) is 84.7 Å². The summed E-state index contributed by atoms with van der Waals surface area (Å²) in [5.74, 6) is -0.288. The Labute approximate surface area is 130 Å². The first-order valence-corrected chi connectivity index (χ1v) is 7.85. The van der Waals surface area contributed by atoms with Crippen molar-refractivity contribution in [2.75, 3.05) is 26.3 Å². The smallest absolute Gasteiger partial charge is 0.245 e. The normalized spacial score (nSPS) is 22.6. The number of morpholine rings is 1. The average Bonchev–Trinajstić information content (AvgIpc) is 2.98. The summed E-state index contributed by atoms with van der Waals surface area (Å²) in [5.41, 5.74) is 5.02. The zero-order valence-corrected chi connectivity index (χ0v) is 13.2. The van der Waals surface area contributed by atoms with Gasteiger partial charge in [0.2, 0.25) is 11.8 Å². The van der Waals surface area contributed by atoms with Crippen molar-refractivity contribution in [3.05, 3.63) is 0 Å². The molecule has 0 spiro atoms. The number of rotatable bonds is 4. The van der Waals surface area contributed by atoms with E-state index >= 15 is 0 Å². The van der Waals surface area contributed by atoms with E-state index in [1.54, 1.807) is 11.8 Å². The summed E-state index contributed by atoms with van der Waals surface area (Å²) >= 11 is 5.09. The number of nitrogens with zero attached hydrogens (tertiary/aromatic N) is 1.